The number of hydrogen-bond acceptors (Lipinski definition) is 11. The van der Waals surface area contributed by atoms with Crippen molar-refractivity contribution in [3.63, 3.8) is 0 Å². The SMILES string of the molecule is CC(COc1ccc(Cl)cc1Cl)=NNc1nc2c(N)ncnc2n1[C@H]1O[C@H](CO)[C@@H](O)[C@H]1O. The summed E-state index contributed by atoms with van der Waals surface area (Å²) in [5.41, 5.74) is 9.72. The van der Waals surface area contributed by atoms with Crippen LogP contribution in [-0.4, -0.2) is 72.1 Å². The zero-order valence-corrected chi connectivity index (χ0v) is 18.8. The summed E-state index contributed by atoms with van der Waals surface area (Å²) in [6, 6.07) is 4.87. The van der Waals surface area contributed by atoms with Gasteiger partial charge in [-0.2, -0.15) is 5.10 Å². The molecule has 0 amide bonds. The summed E-state index contributed by atoms with van der Waals surface area (Å²) >= 11 is 12.0. The number of aliphatic hydroxyl groups is 3. The van der Waals surface area contributed by atoms with Crippen LogP contribution < -0.4 is 15.9 Å². The average Bonchev–Trinajstić information content (AvgIpc) is 3.29. The fourth-order valence-electron chi connectivity index (χ4n) is 3.29. The van der Waals surface area contributed by atoms with Crippen molar-refractivity contribution in [1.29, 1.82) is 0 Å². The Hall–Kier alpha value is -2.74. The topological polar surface area (TPSA) is 173 Å². The van der Waals surface area contributed by atoms with Crippen molar-refractivity contribution in [2.45, 2.75) is 31.5 Å². The first-order valence-electron chi connectivity index (χ1n) is 9.78. The molecule has 0 unspecified atom stereocenters. The van der Waals surface area contributed by atoms with E-state index < -0.39 is 31.1 Å². The molecule has 0 saturated carbocycles. The van der Waals surface area contributed by atoms with E-state index in [1.165, 1.54) is 10.9 Å². The van der Waals surface area contributed by atoms with E-state index in [4.69, 9.17) is 38.4 Å². The molecule has 1 aliphatic heterocycles. The number of aliphatic hydroxyl groups excluding tert-OH is 3. The Kier molecular flexibility index (Phi) is 6.83. The maximum Gasteiger partial charge on any atom is 0.228 e. The zero-order chi connectivity index (χ0) is 23.7. The minimum atomic E-state index is -1.36. The predicted octanol–water partition coefficient (Wildman–Crippen LogP) is 1.19. The van der Waals surface area contributed by atoms with E-state index >= 15 is 0 Å². The second-order valence-electron chi connectivity index (χ2n) is 7.29. The van der Waals surface area contributed by atoms with E-state index in [-0.39, 0.29) is 29.5 Å². The molecule has 2 aromatic heterocycles. The van der Waals surface area contributed by atoms with Crippen molar-refractivity contribution in [3.8, 4) is 5.75 Å². The minimum absolute atomic E-state index is 0.102. The highest BCUT2D eigenvalue weighted by molar-refractivity contribution is 6.35. The number of halogens is 2. The Bertz CT molecular complexity index is 1190. The first-order chi connectivity index (χ1) is 15.8. The van der Waals surface area contributed by atoms with Gasteiger partial charge in [-0.15, -0.1) is 0 Å². The van der Waals surface area contributed by atoms with Gasteiger partial charge in [-0.05, 0) is 25.1 Å². The molecule has 14 heteroatoms. The van der Waals surface area contributed by atoms with Gasteiger partial charge in [0.05, 0.1) is 17.3 Å². The Morgan fingerprint density at radius 2 is 2.09 bits per heavy atom. The van der Waals surface area contributed by atoms with Crippen LogP contribution in [0, 0.1) is 0 Å². The summed E-state index contributed by atoms with van der Waals surface area (Å²) in [6.45, 7) is 1.33. The summed E-state index contributed by atoms with van der Waals surface area (Å²) in [6.07, 6.45) is -3.54. The first kappa shape index (κ1) is 23.4. The average molecular weight is 498 g/mol. The van der Waals surface area contributed by atoms with Crippen LogP contribution >= 0.6 is 23.2 Å². The normalized spacial score (nSPS) is 23.3. The van der Waals surface area contributed by atoms with Crippen LogP contribution in [0.5, 0.6) is 5.75 Å². The summed E-state index contributed by atoms with van der Waals surface area (Å²) in [5, 5.41) is 35.2. The van der Waals surface area contributed by atoms with Gasteiger partial charge in [-0.3, -0.25) is 4.57 Å². The van der Waals surface area contributed by atoms with Crippen LogP contribution in [0.2, 0.25) is 10.0 Å². The van der Waals surface area contributed by atoms with Crippen LogP contribution in [0.1, 0.15) is 13.2 Å². The fraction of sp³-hybridized carbons (Fsp3) is 0.368. The van der Waals surface area contributed by atoms with Crippen LogP contribution in [0.25, 0.3) is 11.2 Å². The summed E-state index contributed by atoms with van der Waals surface area (Å²) in [4.78, 5) is 12.5. The van der Waals surface area contributed by atoms with E-state index in [0.717, 1.165) is 0 Å². The molecule has 0 aliphatic carbocycles. The second-order valence-corrected chi connectivity index (χ2v) is 8.13. The highest BCUT2D eigenvalue weighted by atomic mass is 35.5. The van der Waals surface area contributed by atoms with Crippen molar-refractivity contribution in [3.05, 3.63) is 34.6 Å². The lowest BCUT2D eigenvalue weighted by Gasteiger charge is -2.19. The van der Waals surface area contributed by atoms with Gasteiger partial charge in [0.2, 0.25) is 5.95 Å². The quantitative estimate of drug-likeness (QED) is 0.235. The Morgan fingerprint density at radius 1 is 1.30 bits per heavy atom. The molecular weight excluding hydrogens is 477 g/mol. The second kappa shape index (κ2) is 9.63. The van der Waals surface area contributed by atoms with E-state index in [2.05, 4.69) is 25.5 Å². The minimum Gasteiger partial charge on any atom is -0.486 e. The van der Waals surface area contributed by atoms with Gasteiger partial charge < -0.3 is 30.5 Å². The number of nitrogens with one attached hydrogen (secondary N) is 1. The number of imidazole rings is 1. The number of hydrogen-bond donors (Lipinski definition) is 5. The number of ether oxygens (including phenoxy) is 2. The van der Waals surface area contributed by atoms with Crippen molar-refractivity contribution >= 4 is 51.8 Å². The number of nitrogens with two attached hydrogens (primary N) is 1. The van der Waals surface area contributed by atoms with Gasteiger partial charge in [-0.1, -0.05) is 23.2 Å². The molecule has 33 heavy (non-hydrogen) atoms. The molecule has 0 radical (unpaired) electrons. The summed E-state index contributed by atoms with van der Waals surface area (Å²) < 4.78 is 12.7. The van der Waals surface area contributed by atoms with Gasteiger partial charge >= 0.3 is 0 Å². The van der Waals surface area contributed by atoms with E-state index in [1.807, 2.05) is 0 Å². The molecule has 176 valence electrons. The predicted molar refractivity (Wildman–Crippen MR) is 121 cm³/mol. The van der Waals surface area contributed by atoms with Crippen molar-refractivity contribution in [1.82, 2.24) is 19.5 Å². The van der Waals surface area contributed by atoms with E-state index in [9.17, 15) is 15.3 Å². The smallest absolute Gasteiger partial charge is 0.228 e. The number of fused-ring (bicyclic) bond motifs is 1. The molecule has 0 spiro atoms. The molecule has 1 saturated heterocycles. The van der Waals surface area contributed by atoms with Crippen LogP contribution in [-0.2, 0) is 4.74 Å². The van der Waals surface area contributed by atoms with Gasteiger partial charge in [0.1, 0.15) is 37.0 Å². The molecule has 1 aliphatic rings. The van der Waals surface area contributed by atoms with Crippen LogP contribution in [0.4, 0.5) is 11.8 Å². The third-order valence-electron chi connectivity index (χ3n) is 4.95. The molecule has 1 fully saturated rings. The largest absolute Gasteiger partial charge is 0.486 e. The fourth-order valence-corrected chi connectivity index (χ4v) is 3.75. The molecule has 4 rings (SSSR count). The maximum atomic E-state index is 10.5. The van der Waals surface area contributed by atoms with E-state index in [0.29, 0.717) is 21.5 Å². The van der Waals surface area contributed by atoms with Gasteiger partial charge in [0.25, 0.3) is 0 Å². The Balaban J connectivity index is 1.59. The molecule has 6 N–H and O–H groups in total. The van der Waals surface area contributed by atoms with Crippen LogP contribution in [0.15, 0.2) is 29.6 Å². The molecule has 4 atom stereocenters. The number of benzene rings is 1. The van der Waals surface area contributed by atoms with Crippen molar-refractivity contribution in [2.75, 3.05) is 24.4 Å². The number of anilines is 2. The summed E-state index contributed by atoms with van der Waals surface area (Å²) in [7, 11) is 0. The molecular formula is C19H21Cl2N7O5. The standard InChI is InChI=1S/C19H21Cl2N7O5/c1-8(6-32-11-3-2-9(20)4-10(11)21)26-27-19-25-13-16(22)23-7-24-17(13)28(19)18-15(31)14(30)12(5-29)33-18/h2-4,7,12,14-15,18,29-31H,5-6H2,1H3,(H,25,27)(H2,22,23,24)/t12-,14-,15-,18+/m1/s1. The first-order valence-corrected chi connectivity index (χ1v) is 10.5. The maximum absolute atomic E-state index is 10.5. The molecule has 0 bridgehead atoms. The lowest BCUT2D eigenvalue weighted by atomic mass is 10.1. The Morgan fingerprint density at radius 3 is 2.79 bits per heavy atom. The monoisotopic (exact) mass is 497 g/mol. The molecule has 12 nitrogen and oxygen atoms in total. The van der Waals surface area contributed by atoms with Gasteiger partial charge in [0.15, 0.2) is 23.2 Å². The number of hydrazone groups is 1. The Labute approximate surface area is 197 Å². The third-order valence-corrected chi connectivity index (χ3v) is 5.48. The van der Waals surface area contributed by atoms with Crippen LogP contribution in [0.3, 0.4) is 0 Å². The number of rotatable bonds is 7. The lowest BCUT2D eigenvalue weighted by Crippen LogP contribution is -2.33. The number of nitrogen functional groups attached to an aromatic ring is 1. The highest BCUT2D eigenvalue weighted by Crippen LogP contribution is 2.35. The number of nitrogens with zero attached hydrogens (tertiary/aromatic N) is 5. The molecule has 3 aromatic rings. The van der Waals surface area contributed by atoms with Gasteiger partial charge in [0, 0.05) is 5.02 Å². The highest BCUT2D eigenvalue weighted by Gasteiger charge is 2.45. The van der Waals surface area contributed by atoms with Crippen molar-refractivity contribution < 1.29 is 24.8 Å². The molecule has 3 heterocycles. The van der Waals surface area contributed by atoms with Gasteiger partial charge in [-0.25, -0.2) is 20.4 Å². The van der Waals surface area contributed by atoms with Crippen molar-refractivity contribution in [2.24, 2.45) is 5.10 Å². The van der Waals surface area contributed by atoms with E-state index in [1.54, 1.807) is 25.1 Å². The lowest BCUT2D eigenvalue weighted by molar-refractivity contribution is -0.0501. The third kappa shape index (κ3) is 4.67. The molecule has 1 aromatic carbocycles. The summed E-state index contributed by atoms with van der Waals surface area (Å²) in [5.74, 6) is 0.670. The zero-order valence-electron chi connectivity index (χ0n) is 17.3. The number of aromatic nitrogens is 4.